The maximum atomic E-state index is 14.2. The summed E-state index contributed by atoms with van der Waals surface area (Å²) in [6, 6.07) is 34.3. The minimum Gasteiger partial charge on any atom is -0.452 e. The Hall–Kier alpha value is -5.66. The van der Waals surface area contributed by atoms with Crippen LogP contribution >= 0.6 is 0 Å². The molecule has 0 saturated carbocycles. The maximum absolute atomic E-state index is 14.2. The molecule has 0 aromatic heterocycles. The number of unbranched alkanes of at least 4 members (excludes halogenated alkanes) is 23. The summed E-state index contributed by atoms with van der Waals surface area (Å²) in [6.45, 7) is 4.26. The fourth-order valence-corrected chi connectivity index (χ4v) is 10.4. The Kier molecular flexibility index (Phi) is 30.3. The van der Waals surface area contributed by atoms with Gasteiger partial charge in [0.15, 0.2) is 24.8 Å². The first-order valence-corrected chi connectivity index (χ1v) is 30.7. The molecule has 2 aliphatic rings. The van der Waals surface area contributed by atoms with Gasteiger partial charge in [-0.1, -0.05) is 246 Å². The summed E-state index contributed by atoms with van der Waals surface area (Å²) in [7, 11) is 0. The third-order valence-corrected chi connectivity index (χ3v) is 15.1. The Morgan fingerprint density at radius 1 is 0.525 bits per heavy atom. The largest absolute Gasteiger partial charge is 0.452 e. The van der Waals surface area contributed by atoms with E-state index in [2.05, 4.69) is 19.2 Å². The van der Waals surface area contributed by atoms with Crippen LogP contribution in [0.2, 0.25) is 0 Å². The Morgan fingerprint density at radius 2 is 0.963 bits per heavy atom. The van der Waals surface area contributed by atoms with Crippen LogP contribution in [0.5, 0.6) is 0 Å². The molecule has 1 N–H and O–H groups in total. The van der Waals surface area contributed by atoms with Gasteiger partial charge in [0.2, 0.25) is 5.91 Å². The van der Waals surface area contributed by atoms with Crippen molar-refractivity contribution in [1.29, 1.82) is 0 Å². The first-order chi connectivity index (χ1) is 39.3. The normalized spacial score (nSPS) is 19.6. The number of nitrogens with one attached hydrogen (secondary N) is 1. The molecule has 6 rings (SSSR count). The van der Waals surface area contributed by atoms with E-state index in [9.17, 15) is 19.2 Å². The molecule has 2 fully saturated rings. The molecule has 2 heterocycles. The molecule has 4 aromatic carbocycles. The van der Waals surface area contributed by atoms with E-state index < -0.39 is 67.0 Å². The second kappa shape index (κ2) is 38.1. The van der Waals surface area contributed by atoms with E-state index in [1.54, 1.807) is 84.9 Å². The number of rotatable bonds is 39. The third kappa shape index (κ3) is 23.1. The summed E-state index contributed by atoms with van der Waals surface area (Å²) >= 11 is 0. The predicted molar refractivity (Wildman–Crippen MR) is 314 cm³/mol. The van der Waals surface area contributed by atoms with Crippen LogP contribution < -0.4 is 5.32 Å². The van der Waals surface area contributed by atoms with Crippen LogP contribution in [0.4, 0.5) is 0 Å². The number of fused-ring (bicyclic) bond motifs is 1. The quantitative estimate of drug-likeness (QED) is 0.0197. The Balaban J connectivity index is 1.22. The highest BCUT2D eigenvalue weighted by Crippen LogP contribution is 2.38. The fraction of sp³-hybridized carbons (Fsp3) is 0.559. The van der Waals surface area contributed by atoms with E-state index in [4.69, 9.17) is 33.2 Å². The first kappa shape index (κ1) is 63.5. The van der Waals surface area contributed by atoms with Crippen molar-refractivity contribution < 1.29 is 52.3 Å². The van der Waals surface area contributed by atoms with Crippen LogP contribution in [-0.2, 0) is 38.0 Å². The SMILES string of the molecule is CCCCCCCCCCCCC/C=C/[C@@H](OC(=O)c1ccccc1)[C@H](CO[C@H]1O[C@@H]2COC(c3ccccc3)O[C@H]2[C@H](OC(=O)c2ccccc2)[C@H]1OC(=O)c1ccccc1)NC(=O)CCCCCCCCCCCCCCC. The summed E-state index contributed by atoms with van der Waals surface area (Å²) < 4.78 is 45.3. The van der Waals surface area contributed by atoms with Crippen molar-refractivity contribution in [1.82, 2.24) is 5.32 Å². The molecular weight excluding hydrogens is 1010 g/mol. The van der Waals surface area contributed by atoms with Crippen LogP contribution in [-0.4, -0.2) is 79.9 Å². The average molecular weight is 1100 g/mol. The predicted octanol–water partition coefficient (Wildman–Crippen LogP) is 15.7. The highest BCUT2D eigenvalue weighted by Gasteiger charge is 2.54. The number of carbonyl (C=O) groups excluding carboxylic acids is 4. The van der Waals surface area contributed by atoms with Crippen molar-refractivity contribution in [2.45, 2.75) is 230 Å². The van der Waals surface area contributed by atoms with Crippen LogP contribution in [0.1, 0.15) is 224 Å². The Labute approximate surface area is 478 Å². The van der Waals surface area contributed by atoms with Crippen molar-refractivity contribution >= 4 is 23.8 Å². The van der Waals surface area contributed by atoms with Gasteiger partial charge in [0, 0.05) is 12.0 Å². The molecule has 8 atom stereocenters. The van der Waals surface area contributed by atoms with Gasteiger partial charge >= 0.3 is 17.9 Å². The molecule has 12 nitrogen and oxygen atoms in total. The number of carbonyl (C=O) groups is 4. The second-order valence-corrected chi connectivity index (χ2v) is 21.7. The van der Waals surface area contributed by atoms with E-state index in [0.717, 1.165) is 50.5 Å². The van der Waals surface area contributed by atoms with Crippen molar-refractivity contribution in [3.8, 4) is 0 Å². The number of esters is 3. The number of hydrogen-bond acceptors (Lipinski definition) is 11. The van der Waals surface area contributed by atoms with Gasteiger partial charge < -0.3 is 38.5 Å². The van der Waals surface area contributed by atoms with Crippen LogP contribution in [0.3, 0.4) is 0 Å². The summed E-state index contributed by atoms with van der Waals surface area (Å²) in [5.41, 5.74) is 1.63. The lowest BCUT2D eigenvalue weighted by molar-refractivity contribution is -0.360. The van der Waals surface area contributed by atoms with Gasteiger partial charge in [0.1, 0.15) is 18.3 Å². The second-order valence-electron chi connectivity index (χ2n) is 21.7. The molecule has 0 radical (unpaired) electrons. The molecule has 1 unspecified atom stereocenters. The third-order valence-electron chi connectivity index (χ3n) is 15.1. The number of allylic oxidation sites excluding steroid dienone is 1. The van der Waals surface area contributed by atoms with E-state index in [0.29, 0.717) is 12.0 Å². The monoisotopic (exact) mass is 1100 g/mol. The van der Waals surface area contributed by atoms with Crippen LogP contribution in [0.25, 0.3) is 0 Å². The fourth-order valence-electron chi connectivity index (χ4n) is 10.4. The van der Waals surface area contributed by atoms with Crippen LogP contribution in [0.15, 0.2) is 133 Å². The Bertz CT molecular complexity index is 2330. The lowest BCUT2D eigenvalue weighted by atomic mass is 9.96. The van der Waals surface area contributed by atoms with Gasteiger partial charge in [-0.3, -0.25) is 4.79 Å². The molecule has 1 amide bonds. The topological polar surface area (TPSA) is 145 Å². The lowest BCUT2D eigenvalue weighted by Gasteiger charge is -2.48. The van der Waals surface area contributed by atoms with Crippen molar-refractivity contribution in [2.75, 3.05) is 13.2 Å². The van der Waals surface area contributed by atoms with Gasteiger partial charge in [-0.25, -0.2) is 14.4 Å². The van der Waals surface area contributed by atoms with Gasteiger partial charge in [0.25, 0.3) is 0 Å². The van der Waals surface area contributed by atoms with E-state index in [1.165, 1.54) is 109 Å². The van der Waals surface area contributed by atoms with E-state index in [-0.39, 0.29) is 36.7 Å². The van der Waals surface area contributed by atoms with E-state index >= 15 is 0 Å². The molecule has 12 heteroatoms. The van der Waals surface area contributed by atoms with Gasteiger partial charge in [-0.2, -0.15) is 0 Å². The highest BCUT2D eigenvalue weighted by atomic mass is 16.8. The van der Waals surface area contributed by atoms with E-state index in [1.807, 2.05) is 48.6 Å². The number of amides is 1. The van der Waals surface area contributed by atoms with Crippen molar-refractivity contribution in [3.05, 3.63) is 156 Å². The lowest BCUT2D eigenvalue weighted by Crippen LogP contribution is -2.64. The molecule has 80 heavy (non-hydrogen) atoms. The zero-order valence-corrected chi connectivity index (χ0v) is 48.1. The molecular formula is C68H93NO11. The maximum Gasteiger partial charge on any atom is 0.338 e. The molecule has 436 valence electrons. The zero-order valence-electron chi connectivity index (χ0n) is 48.1. The van der Waals surface area contributed by atoms with Gasteiger partial charge in [-0.15, -0.1) is 0 Å². The molecule has 2 aliphatic heterocycles. The molecule has 0 bridgehead atoms. The highest BCUT2D eigenvalue weighted by molar-refractivity contribution is 5.91. The zero-order chi connectivity index (χ0) is 56.2. The summed E-state index contributed by atoms with van der Waals surface area (Å²) in [6.07, 6.45) is 26.1. The molecule has 0 spiro atoms. The van der Waals surface area contributed by atoms with Crippen molar-refractivity contribution in [2.24, 2.45) is 0 Å². The van der Waals surface area contributed by atoms with Gasteiger partial charge in [0.05, 0.1) is 35.9 Å². The smallest absolute Gasteiger partial charge is 0.338 e. The van der Waals surface area contributed by atoms with Gasteiger partial charge in [-0.05, 0) is 61.7 Å². The Morgan fingerprint density at radius 3 is 1.46 bits per heavy atom. The minimum absolute atomic E-state index is 0.0151. The van der Waals surface area contributed by atoms with Crippen molar-refractivity contribution in [3.63, 3.8) is 0 Å². The number of benzene rings is 4. The minimum atomic E-state index is -1.39. The molecule has 4 aromatic rings. The number of hydrogen-bond donors (Lipinski definition) is 1. The summed E-state index contributed by atoms with van der Waals surface area (Å²) in [5.74, 6) is -2.15. The molecule has 2 saturated heterocycles. The standard InChI is InChI=1S/C68H93NO11/c1-3-5-7-9-11-13-15-17-19-21-23-25-39-49-58(76-64(71)53-41-31-27-32-42-53)57(69-60(70)50-40-26-24-22-20-18-16-14-12-10-8-6-4-2)51-74-68-63(79-66(73)55-45-35-29-36-46-55)62(78-65(72)54-43-33-28-34-44-54)61-59(77-68)52-75-67(80-61)56-47-37-30-38-48-56/h27-39,41-49,57-59,61-63,67-68H,3-26,40,50-52H2,1-2H3,(H,69,70)/b49-39+/t57-,58+,59+,61+,62-,63+,67?,68-/m0/s1. The number of ether oxygens (including phenoxy) is 7. The average Bonchev–Trinajstić information content (AvgIpc) is 3.54. The first-order valence-electron chi connectivity index (χ1n) is 30.7. The van der Waals surface area contributed by atoms with Crippen LogP contribution in [0, 0.1) is 0 Å². The summed E-state index contributed by atoms with van der Waals surface area (Å²) in [5, 5.41) is 3.19. The molecule has 0 aliphatic carbocycles. The summed E-state index contributed by atoms with van der Waals surface area (Å²) in [4.78, 5) is 56.4.